The van der Waals surface area contributed by atoms with Crippen LogP contribution in [0.2, 0.25) is 0 Å². The van der Waals surface area contributed by atoms with Crippen molar-refractivity contribution in [3.05, 3.63) is 11.4 Å². The van der Waals surface area contributed by atoms with Crippen molar-refractivity contribution in [2.75, 3.05) is 0 Å². The summed E-state index contributed by atoms with van der Waals surface area (Å²) < 4.78 is 9.02. The molecule has 0 atom stereocenters. The fourth-order valence-electron chi connectivity index (χ4n) is 1.76. The van der Waals surface area contributed by atoms with Gasteiger partial charge < -0.3 is 0 Å². The molecule has 0 aromatic carbocycles. The van der Waals surface area contributed by atoms with Crippen LogP contribution in [-0.4, -0.2) is 9.49 Å². The van der Waals surface area contributed by atoms with Crippen LogP contribution in [0.5, 0.6) is 0 Å². The summed E-state index contributed by atoms with van der Waals surface area (Å²) in [4.78, 5) is 0. The summed E-state index contributed by atoms with van der Waals surface area (Å²) in [6.45, 7) is 4.49. The van der Waals surface area contributed by atoms with E-state index >= 15 is 0 Å². The lowest BCUT2D eigenvalue weighted by Crippen LogP contribution is -1.94. The molecule has 0 aliphatic heterocycles. The van der Waals surface area contributed by atoms with E-state index in [4.69, 9.17) is 0 Å². The Labute approximate surface area is 95.1 Å². The van der Waals surface area contributed by atoms with Crippen LogP contribution < -0.4 is 0 Å². The van der Waals surface area contributed by atoms with Gasteiger partial charge in [-0.2, -0.15) is 0 Å². The summed E-state index contributed by atoms with van der Waals surface area (Å²) in [7, 11) is 0.469. The highest BCUT2D eigenvalue weighted by Crippen LogP contribution is 2.15. The number of nitrogens with zero attached hydrogens (tertiary/aromatic N) is 2. The van der Waals surface area contributed by atoms with Crippen molar-refractivity contribution in [3.8, 4) is 0 Å². The largest absolute Gasteiger partial charge is 0.224 e. The minimum Gasteiger partial charge on any atom is -0.224 e. The Balaban J connectivity index is 2.32. The van der Waals surface area contributed by atoms with Crippen LogP contribution in [0, 0.1) is 0 Å². The van der Waals surface area contributed by atoms with E-state index in [0.717, 1.165) is 12.8 Å². The van der Waals surface area contributed by atoms with Crippen molar-refractivity contribution in [2.45, 2.75) is 65.2 Å². The average Bonchev–Trinajstić information content (AvgIpc) is 2.67. The first-order chi connectivity index (χ1) is 7.38. The van der Waals surface area contributed by atoms with Crippen LogP contribution in [-0.2, 0) is 12.8 Å². The van der Waals surface area contributed by atoms with E-state index < -0.39 is 0 Å². The van der Waals surface area contributed by atoms with E-state index in [9.17, 15) is 0 Å². The standard InChI is InChI=1S/C12H23N2P/c1-3-5-7-9-11-12(14-15-13-11)10-8-6-4-2/h15H,3-10H2,1-2H3. The number of aromatic nitrogens is 2. The van der Waals surface area contributed by atoms with Gasteiger partial charge in [-0.05, 0) is 25.7 Å². The second kappa shape index (κ2) is 7.87. The highest BCUT2D eigenvalue weighted by Gasteiger charge is 2.05. The van der Waals surface area contributed by atoms with Gasteiger partial charge in [-0.1, -0.05) is 39.5 Å². The molecule has 0 saturated carbocycles. The quantitative estimate of drug-likeness (QED) is 0.627. The summed E-state index contributed by atoms with van der Waals surface area (Å²) in [6, 6.07) is 0. The van der Waals surface area contributed by atoms with Crippen molar-refractivity contribution in [1.29, 1.82) is 0 Å². The molecule has 0 aliphatic rings. The smallest absolute Gasteiger partial charge is 0.0678 e. The third kappa shape index (κ3) is 4.79. The zero-order valence-corrected chi connectivity index (χ0v) is 11.1. The third-order valence-electron chi connectivity index (χ3n) is 2.74. The molecule has 0 spiro atoms. The third-order valence-corrected chi connectivity index (χ3v) is 3.48. The summed E-state index contributed by atoms with van der Waals surface area (Å²) in [6.07, 6.45) is 10.1. The Hall–Kier alpha value is -0.360. The second-order valence-electron chi connectivity index (χ2n) is 4.13. The number of rotatable bonds is 8. The lowest BCUT2D eigenvalue weighted by atomic mass is 10.1. The van der Waals surface area contributed by atoms with Gasteiger partial charge >= 0.3 is 0 Å². The van der Waals surface area contributed by atoms with Gasteiger partial charge in [-0.15, -0.1) is 0 Å². The molecule has 0 bridgehead atoms. The average molecular weight is 226 g/mol. The summed E-state index contributed by atoms with van der Waals surface area (Å²) >= 11 is 0. The van der Waals surface area contributed by atoms with E-state index in [1.54, 1.807) is 0 Å². The summed E-state index contributed by atoms with van der Waals surface area (Å²) in [5.41, 5.74) is 2.63. The molecule has 15 heavy (non-hydrogen) atoms. The second-order valence-corrected chi connectivity index (χ2v) is 4.78. The molecule has 0 unspecified atom stereocenters. The van der Waals surface area contributed by atoms with Gasteiger partial charge in [0.1, 0.15) is 0 Å². The highest BCUT2D eigenvalue weighted by atomic mass is 31.1. The molecule has 1 heterocycles. The van der Waals surface area contributed by atoms with Gasteiger partial charge in [0, 0.05) is 0 Å². The van der Waals surface area contributed by atoms with Crippen molar-refractivity contribution in [1.82, 2.24) is 9.49 Å². The van der Waals surface area contributed by atoms with E-state index in [-0.39, 0.29) is 0 Å². The molecular weight excluding hydrogens is 203 g/mol. The van der Waals surface area contributed by atoms with Gasteiger partial charge in [0.25, 0.3) is 0 Å². The molecule has 2 nitrogen and oxygen atoms in total. The van der Waals surface area contributed by atoms with Crippen molar-refractivity contribution in [2.24, 2.45) is 0 Å². The molecular formula is C12H23N2P. The zero-order chi connectivity index (χ0) is 10.9. The molecule has 1 aromatic rings. The van der Waals surface area contributed by atoms with Crippen molar-refractivity contribution in [3.63, 3.8) is 0 Å². The van der Waals surface area contributed by atoms with E-state index in [0.29, 0.717) is 8.51 Å². The minimum atomic E-state index is 0.469. The molecule has 3 heteroatoms. The topological polar surface area (TPSA) is 25.8 Å². The summed E-state index contributed by atoms with van der Waals surface area (Å²) in [5.74, 6) is 0. The molecule has 1 rings (SSSR count). The molecule has 0 aliphatic carbocycles. The first kappa shape index (κ1) is 12.7. The molecule has 0 radical (unpaired) electrons. The predicted molar refractivity (Wildman–Crippen MR) is 68.0 cm³/mol. The predicted octanol–water partition coefficient (Wildman–Crippen LogP) is 3.97. The maximum absolute atomic E-state index is 4.51. The van der Waals surface area contributed by atoms with E-state index in [2.05, 4.69) is 23.3 Å². The SMILES string of the molecule is CCCCCc1n[pH]nc1CCCCC. The van der Waals surface area contributed by atoms with Gasteiger partial charge in [0.15, 0.2) is 0 Å². The Bertz CT molecular complexity index is 233. The fraction of sp³-hybridized carbons (Fsp3) is 0.833. The lowest BCUT2D eigenvalue weighted by molar-refractivity contribution is 0.683. The molecule has 0 saturated heterocycles. The Morgan fingerprint density at radius 1 is 0.800 bits per heavy atom. The molecule has 0 fully saturated rings. The molecule has 1 aromatic heterocycles. The van der Waals surface area contributed by atoms with Crippen LogP contribution in [0.1, 0.15) is 63.8 Å². The van der Waals surface area contributed by atoms with Crippen LogP contribution in [0.4, 0.5) is 0 Å². The maximum Gasteiger partial charge on any atom is 0.0678 e. The van der Waals surface area contributed by atoms with Crippen LogP contribution in [0.3, 0.4) is 0 Å². The van der Waals surface area contributed by atoms with Gasteiger partial charge in [0.05, 0.1) is 19.9 Å². The highest BCUT2D eigenvalue weighted by molar-refractivity contribution is 7.20. The minimum absolute atomic E-state index is 0.469. The normalized spacial score (nSPS) is 10.8. The van der Waals surface area contributed by atoms with Crippen molar-refractivity contribution < 1.29 is 0 Å². The monoisotopic (exact) mass is 226 g/mol. The number of aryl methyl sites for hydroxylation is 2. The number of unbranched alkanes of at least 4 members (excludes halogenated alkanes) is 4. The lowest BCUT2D eigenvalue weighted by Gasteiger charge is -2.00. The van der Waals surface area contributed by atoms with Gasteiger partial charge in [-0.25, -0.2) is 9.49 Å². The number of hydrogen-bond donors (Lipinski definition) is 0. The molecule has 86 valence electrons. The van der Waals surface area contributed by atoms with Crippen LogP contribution in [0.15, 0.2) is 0 Å². The molecule has 0 amide bonds. The first-order valence-electron chi connectivity index (χ1n) is 6.27. The van der Waals surface area contributed by atoms with E-state index in [1.165, 1.54) is 49.9 Å². The zero-order valence-electron chi connectivity index (χ0n) is 10.1. The van der Waals surface area contributed by atoms with Crippen molar-refractivity contribution >= 4 is 8.51 Å². The first-order valence-corrected chi connectivity index (χ1v) is 7.16. The Kier molecular flexibility index (Phi) is 6.67. The number of hydrogen-bond acceptors (Lipinski definition) is 2. The van der Waals surface area contributed by atoms with Crippen LogP contribution >= 0.6 is 8.51 Å². The molecule has 0 N–H and O–H groups in total. The fourth-order valence-corrected chi connectivity index (χ4v) is 2.53. The Morgan fingerprint density at radius 2 is 1.27 bits per heavy atom. The maximum atomic E-state index is 4.51. The van der Waals surface area contributed by atoms with Gasteiger partial charge in [-0.3, -0.25) is 0 Å². The Morgan fingerprint density at radius 3 is 1.67 bits per heavy atom. The van der Waals surface area contributed by atoms with E-state index in [1.807, 2.05) is 0 Å². The van der Waals surface area contributed by atoms with Gasteiger partial charge in [0.2, 0.25) is 0 Å². The summed E-state index contributed by atoms with van der Waals surface area (Å²) in [5, 5.41) is 0. The van der Waals surface area contributed by atoms with Crippen LogP contribution in [0.25, 0.3) is 0 Å².